The minimum Gasteiger partial charge on any atom is -0.486 e. The third-order valence-electron chi connectivity index (χ3n) is 3.53. The van der Waals surface area contributed by atoms with Gasteiger partial charge in [-0.1, -0.05) is 12.1 Å². The Balaban J connectivity index is 2.02. The molecule has 2 N–H and O–H groups in total. The average Bonchev–Trinajstić information content (AvgIpc) is 2.53. The highest BCUT2D eigenvalue weighted by atomic mass is 19.1. The van der Waals surface area contributed by atoms with E-state index in [2.05, 4.69) is 10.6 Å². The molecule has 0 unspecified atom stereocenters. The number of rotatable bonds is 6. The number of amides is 2. The van der Waals surface area contributed by atoms with E-state index in [1.807, 2.05) is 0 Å². The number of anilines is 1. The fourth-order valence-corrected chi connectivity index (χ4v) is 2.27. The molecule has 0 aromatic heterocycles. The summed E-state index contributed by atoms with van der Waals surface area (Å²) in [5.74, 6) is -1.92. The number of carbonyl (C=O) groups excluding carboxylic acids is 2. The minimum atomic E-state index is -1.14. The molecule has 7 heteroatoms. The third kappa shape index (κ3) is 5.27. The van der Waals surface area contributed by atoms with Crippen LogP contribution in [0.1, 0.15) is 26.3 Å². The molecule has 2 amide bonds. The van der Waals surface area contributed by atoms with Gasteiger partial charge >= 0.3 is 0 Å². The van der Waals surface area contributed by atoms with Crippen LogP contribution in [0.2, 0.25) is 0 Å². The van der Waals surface area contributed by atoms with E-state index in [-0.39, 0.29) is 24.0 Å². The van der Waals surface area contributed by atoms with Gasteiger partial charge < -0.3 is 15.4 Å². The van der Waals surface area contributed by atoms with E-state index >= 15 is 0 Å². The molecule has 0 heterocycles. The van der Waals surface area contributed by atoms with Crippen molar-refractivity contribution in [3.8, 4) is 5.75 Å². The Bertz CT molecular complexity index is 822. The molecule has 0 aliphatic heterocycles. The van der Waals surface area contributed by atoms with Crippen molar-refractivity contribution in [3.05, 3.63) is 59.7 Å². The van der Waals surface area contributed by atoms with Crippen molar-refractivity contribution >= 4 is 17.5 Å². The molecule has 0 saturated heterocycles. The van der Waals surface area contributed by atoms with Gasteiger partial charge in [0.15, 0.2) is 11.6 Å². The highest BCUT2D eigenvalue weighted by Gasteiger charge is 2.28. The van der Waals surface area contributed by atoms with Gasteiger partial charge in [0.1, 0.15) is 18.0 Å². The smallest absolute Gasteiger partial charge is 0.249 e. The van der Waals surface area contributed by atoms with E-state index in [4.69, 9.17) is 4.74 Å². The molecule has 0 fully saturated rings. The normalized spacial score (nSPS) is 11.0. The minimum absolute atomic E-state index is 0.00987. The van der Waals surface area contributed by atoms with Gasteiger partial charge in [-0.2, -0.15) is 0 Å². The van der Waals surface area contributed by atoms with Crippen molar-refractivity contribution in [2.45, 2.75) is 32.9 Å². The molecule has 2 aromatic carbocycles. The van der Waals surface area contributed by atoms with Gasteiger partial charge in [0.25, 0.3) is 0 Å². The van der Waals surface area contributed by atoms with E-state index in [0.717, 1.165) is 6.07 Å². The van der Waals surface area contributed by atoms with Crippen LogP contribution >= 0.6 is 0 Å². The zero-order valence-electron chi connectivity index (χ0n) is 14.7. The second-order valence-corrected chi connectivity index (χ2v) is 6.32. The summed E-state index contributed by atoms with van der Waals surface area (Å²) in [5.41, 5.74) is -0.350. The fraction of sp³-hybridized carbons (Fsp3) is 0.263. The molecule has 5 nitrogen and oxygen atoms in total. The molecule has 2 rings (SSSR count). The van der Waals surface area contributed by atoms with Crippen LogP contribution in [0.5, 0.6) is 5.75 Å². The number of nitrogens with one attached hydrogen (secondary N) is 2. The Kier molecular flexibility index (Phi) is 5.92. The maximum absolute atomic E-state index is 14.2. The molecule has 0 aliphatic rings. The summed E-state index contributed by atoms with van der Waals surface area (Å²) >= 11 is 0. The summed E-state index contributed by atoms with van der Waals surface area (Å²) in [5, 5.41) is 5.05. The number of halogens is 2. The largest absolute Gasteiger partial charge is 0.486 e. The summed E-state index contributed by atoms with van der Waals surface area (Å²) in [4.78, 5) is 23.3. The molecule has 0 spiro atoms. The molecule has 26 heavy (non-hydrogen) atoms. The van der Waals surface area contributed by atoms with Crippen LogP contribution < -0.4 is 15.4 Å². The van der Waals surface area contributed by atoms with Crippen molar-refractivity contribution in [1.82, 2.24) is 5.32 Å². The first-order chi connectivity index (χ1) is 12.2. The topological polar surface area (TPSA) is 67.4 Å². The maximum atomic E-state index is 14.2. The average molecular weight is 362 g/mol. The van der Waals surface area contributed by atoms with Crippen LogP contribution in [0.25, 0.3) is 0 Å². The number of benzene rings is 2. The van der Waals surface area contributed by atoms with Gasteiger partial charge in [-0.25, -0.2) is 8.78 Å². The highest BCUT2D eigenvalue weighted by Crippen LogP contribution is 2.23. The molecule has 2 aromatic rings. The van der Waals surface area contributed by atoms with E-state index in [1.54, 1.807) is 12.1 Å². The zero-order chi connectivity index (χ0) is 19.3. The van der Waals surface area contributed by atoms with Gasteiger partial charge in [0.2, 0.25) is 11.8 Å². The second kappa shape index (κ2) is 7.95. The predicted molar refractivity (Wildman–Crippen MR) is 93.7 cm³/mol. The van der Waals surface area contributed by atoms with Crippen LogP contribution in [0.15, 0.2) is 42.5 Å². The Labute approximate surface area is 150 Å². The van der Waals surface area contributed by atoms with E-state index in [0.29, 0.717) is 5.56 Å². The lowest BCUT2D eigenvalue weighted by atomic mass is 10.0. The molecule has 0 saturated carbocycles. The molecule has 0 aliphatic carbocycles. The van der Waals surface area contributed by atoms with Crippen LogP contribution in [0, 0.1) is 11.6 Å². The summed E-state index contributed by atoms with van der Waals surface area (Å²) in [6.07, 6.45) is 0. The van der Waals surface area contributed by atoms with Crippen molar-refractivity contribution in [1.29, 1.82) is 0 Å². The molecule has 138 valence electrons. The van der Waals surface area contributed by atoms with Crippen molar-refractivity contribution < 1.29 is 23.1 Å². The maximum Gasteiger partial charge on any atom is 0.249 e. The van der Waals surface area contributed by atoms with Gasteiger partial charge in [-0.15, -0.1) is 0 Å². The summed E-state index contributed by atoms with van der Waals surface area (Å²) in [7, 11) is 0. The number of hydrogen-bond donors (Lipinski definition) is 2. The second-order valence-electron chi connectivity index (χ2n) is 6.32. The van der Waals surface area contributed by atoms with Gasteiger partial charge in [-0.3, -0.25) is 9.59 Å². The van der Waals surface area contributed by atoms with Crippen molar-refractivity contribution in [2.24, 2.45) is 0 Å². The summed E-state index contributed by atoms with van der Waals surface area (Å²) < 4.78 is 32.6. The van der Waals surface area contributed by atoms with Crippen LogP contribution in [0.3, 0.4) is 0 Å². The van der Waals surface area contributed by atoms with Crippen molar-refractivity contribution in [3.63, 3.8) is 0 Å². The van der Waals surface area contributed by atoms with E-state index in [9.17, 15) is 18.4 Å². The predicted octanol–water partition coefficient (Wildman–Crippen LogP) is 3.40. The molecule has 0 bridgehead atoms. The first-order valence-electron chi connectivity index (χ1n) is 7.94. The number of ether oxygens (including phenoxy) is 1. The Morgan fingerprint density at radius 1 is 1.12 bits per heavy atom. The van der Waals surface area contributed by atoms with E-state index in [1.165, 1.54) is 45.0 Å². The first-order valence-corrected chi connectivity index (χ1v) is 7.94. The number of hydrogen-bond acceptors (Lipinski definition) is 3. The summed E-state index contributed by atoms with van der Waals surface area (Å²) in [6.45, 7) is 4.39. The lowest BCUT2D eigenvalue weighted by molar-refractivity contribution is -0.128. The highest BCUT2D eigenvalue weighted by molar-refractivity contribution is 5.99. The zero-order valence-corrected chi connectivity index (χ0v) is 14.7. The first kappa shape index (κ1) is 19.4. The summed E-state index contributed by atoms with van der Waals surface area (Å²) in [6, 6.07) is 9.78. The fourth-order valence-electron chi connectivity index (χ4n) is 2.27. The van der Waals surface area contributed by atoms with Crippen LogP contribution in [-0.4, -0.2) is 17.4 Å². The van der Waals surface area contributed by atoms with Gasteiger partial charge in [0, 0.05) is 18.7 Å². The monoisotopic (exact) mass is 362 g/mol. The molecular weight excluding hydrogens is 342 g/mol. The van der Waals surface area contributed by atoms with Gasteiger partial charge in [-0.05, 0) is 43.7 Å². The molecule has 0 radical (unpaired) electrons. The quantitative estimate of drug-likeness (QED) is 0.828. The standard InChI is InChI=1S/C19H20F2N2O3/c1-12(24)23-19(2,3)18(25)22-15-7-8-17(16(21)10-15)26-11-13-5-4-6-14(20)9-13/h4-10H,11H2,1-3H3,(H,22,25)(H,23,24). The molecular formula is C19H20F2N2O3. The lowest BCUT2D eigenvalue weighted by Gasteiger charge is -2.24. The van der Waals surface area contributed by atoms with Crippen LogP contribution in [-0.2, 0) is 16.2 Å². The van der Waals surface area contributed by atoms with Gasteiger partial charge in [0.05, 0.1) is 0 Å². The SMILES string of the molecule is CC(=O)NC(C)(C)C(=O)Nc1ccc(OCc2cccc(F)c2)c(F)c1. The Morgan fingerprint density at radius 3 is 2.46 bits per heavy atom. The third-order valence-corrected chi connectivity index (χ3v) is 3.53. The van der Waals surface area contributed by atoms with Crippen molar-refractivity contribution in [2.75, 3.05) is 5.32 Å². The van der Waals surface area contributed by atoms with E-state index < -0.39 is 23.1 Å². The Morgan fingerprint density at radius 2 is 1.85 bits per heavy atom. The Hall–Kier alpha value is -2.96. The molecule has 0 atom stereocenters. The lowest BCUT2D eigenvalue weighted by Crippen LogP contribution is -2.51. The number of carbonyl (C=O) groups is 2. The van der Waals surface area contributed by atoms with Crippen LogP contribution in [0.4, 0.5) is 14.5 Å².